The van der Waals surface area contributed by atoms with Crippen LogP contribution in [0.25, 0.3) is 0 Å². The molecule has 2 aromatic carbocycles. The highest BCUT2D eigenvalue weighted by Gasteiger charge is 2.01. The minimum absolute atomic E-state index is 0.0900. The van der Waals surface area contributed by atoms with Crippen LogP contribution < -0.4 is 4.74 Å². The van der Waals surface area contributed by atoms with Gasteiger partial charge in [-0.15, -0.1) is 0 Å². The van der Waals surface area contributed by atoms with E-state index < -0.39 is 5.97 Å². The Kier molecular flexibility index (Phi) is 5.10. The fourth-order valence-electron chi connectivity index (χ4n) is 1.63. The molecule has 0 saturated heterocycles. The average Bonchev–Trinajstić information content (AvgIpc) is 2.53. The molecule has 4 heteroatoms. The van der Waals surface area contributed by atoms with Crippen molar-refractivity contribution in [1.82, 2.24) is 0 Å². The molecule has 2 rings (SSSR count). The van der Waals surface area contributed by atoms with E-state index in [9.17, 15) is 4.79 Å². The lowest BCUT2D eigenvalue weighted by Gasteiger charge is -2.04. The lowest BCUT2D eigenvalue weighted by Crippen LogP contribution is -2.12. The van der Waals surface area contributed by atoms with Crippen molar-refractivity contribution in [2.75, 3.05) is 13.7 Å². The van der Waals surface area contributed by atoms with E-state index in [-0.39, 0.29) is 6.61 Å². The molecule has 0 heterocycles. The van der Waals surface area contributed by atoms with Crippen molar-refractivity contribution in [3.63, 3.8) is 0 Å². The summed E-state index contributed by atoms with van der Waals surface area (Å²) in [6, 6.07) is 15.3. The lowest BCUT2D eigenvalue weighted by molar-refractivity contribution is -0.142. The Morgan fingerprint density at radius 3 is 2.38 bits per heavy atom. The van der Waals surface area contributed by atoms with Crippen molar-refractivity contribution < 1.29 is 14.3 Å². The summed E-state index contributed by atoms with van der Waals surface area (Å²) in [5.41, 5.74) is 3.08. The smallest absolute Gasteiger partial charge is 0.343 e. The summed E-state index contributed by atoms with van der Waals surface area (Å²) in [6.07, 6.45) is 1.79. The molecule has 0 atom stereocenters. The van der Waals surface area contributed by atoms with E-state index in [4.69, 9.17) is 4.74 Å². The molecule has 0 amide bonds. The number of carbonyl (C=O) groups is 1. The van der Waals surface area contributed by atoms with Crippen molar-refractivity contribution in [2.24, 2.45) is 4.99 Å². The van der Waals surface area contributed by atoms with Crippen LogP contribution in [0.3, 0.4) is 0 Å². The van der Waals surface area contributed by atoms with Gasteiger partial charge in [-0.1, -0.05) is 17.7 Å². The topological polar surface area (TPSA) is 47.9 Å². The summed E-state index contributed by atoms with van der Waals surface area (Å²) in [5, 5.41) is 0. The number of rotatable bonds is 5. The summed E-state index contributed by atoms with van der Waals surface area (Å²) in [7, 11) is 1.33. The lowest BCUT2D eigenvalue weighted by atomic mass is 10.2. The predicted octanol–water partition coefficient (Wildman–Crippen LogP) is 3.30. The number of ether oxygens (including phenoxy) is 2. The number of methoxy groups -OCH3 is 1. The number of hydrogen-bond acceptors (Lipinski definition) is 4. The molecule has 0 bridgehead atoms. The van der Waals surface area contributed by atoms with E-state index in [0.717, 1.165) is 11.3 Å². The van der Waals surface area contributed by atoms with E-state index in [1.165, 1.54) is 12.7 Å². The van der Waals surface area contributed by atoms with Gasteiger partial charge in [0.1, 0.15) is 5.75 Å². The first-order valence-corrected chi connectivity index (χ1v) is 6.58. The molecule has 0 saturated carbocycles. The zero-order valence-corrected chi connectivity index (χ0v) is 12.1. The first kappa shape index (κ1) is 14.8. The number of carbonyl (C=O) groups excluding carboxylic acids is 1. The molecule has 2 aromatic rings. The first-order valence-electron chi connectivity index (χ1n) is 6.58. The minimum Gasteiger partial charge on any atom is -0.482 e. The maximum Gasteiger partial charge on any atom is 0.343 e. The van der Waals surface area contributed by atoms with Crippen LogP contribution in [0.5, 0.6) is 5.75 Å². The van der Waals surface area contributed by atoms with Gasteiger partial charge >= 0.3 is 5.97 Å². The van der Waals surface area contributed by atoms with E-state index in [2.05, 4.69) is 9.73 Å². The van der Waals surface area contributed by atoms with Gasteiger partial charge in [0, 0.05) is 6.21 Å². The van der Waals surface area contributed by atoms with E-state index in [1.807, 2.05) is 43.3 Å². The van der Waals surface area contributed by atoms with Gasteiger partial charge in [-0.25, -0.2) is 4.79 Å². The molecular weight excluding hydrogens is 266 g/mol. The fraction of sp³-hybridized carbons (Fsp3) is 0.176. The third-order valence-electron chi connectivity index (χ3n) is 2.86. The summed E-state index contributed by atoms with van der Waals surface area (Å²) in [5.74, 6) is 0.216. The summed E-state index contributed by atoms with van der Waals surface area (Å²) < 4.78 is 9.78. The van der Waals surface area contributed by atoms with E-state index in [1.54, 1.807) is 18.3 Å². The number of benzene rings is 2. The summed E-state index contributed by atoms with van der Waals surface area (Å²) in [4.78, 5) is 15.4. The SMILES string of the molecule is COC(=O)COc1ccc(C=Nc2ccc(C)cc2)cc1. The van der Waals surface area contributed by atoms with Crippen molar-refractivity contribution in [3.05, 3.63) is 59.7 Å². The molecule has 0 aromatic heterocycles. The van der Waals surface area contributed by atoms with Crippen LogP contribution in [0.2, 0.25) is 0 Å². The van der Waals surface area contributed by atoms with Crippen molar-refractivity contribution in [1.29, 1.82) is 0 Å². The first-order chi connectivity index (χ1) is 10.2. The van der Waals surface area contributed by atoms with Crippen molar-refractivity contribution in [2.45, 2.75) is 6.92 Å². The zero-order valence-electron chi connectivity index (χ0n) is 12.1. The molecule has 0 radical (unpaired) electrons. The number of nitrogens with zero attached hydrogens (tertiary/aromatic N) is 1. The maximum absolute atomic E-state index is 11.0. The van der Waals surface area contributed by atoms with Gasteiger partial charge in [0.05, 0.1) is 12.8 Å². The van der Waals surface area contributed by atoms with Crippen LogP contribution in [0.15, 0.2) is 53.5 Å². The molecule has 108 valence electrons. The predicted molar refractivity (Wildman–Crippen MR) is 82.4 cm³/mol. The summed E-state index contributed by atoms with van der Waals surface area (Å²) >= 11 is 0. The number of hydrogen-bond donors (Lipinski definition) is 0. The van der Waals surface area contributed by atoms with Gasteiger partial charge < -0.3 is 9.47 Å². The van der Waals surface area contributed by atoms with Gasteiger partial charge in [0.2, 0.25) is 0 Å². The molecule has 0 aliphatic heterocycles. The minimum atomic E-state index is -0.403. The fourth-order valence-corrected chi connectivity index (χ4v) is 1.63. The Morgan fingerprint density at radius 1 is 1.10 bits per heavy atom. The van der Waals surface area contributed by atoms with Gasteiger partial charge in [-0.05, 0) is 48.9 Å². The second kappa shape index (κ2) is 7.24. The monoisotopic (exact) mass is 283 g/mol. The number of aryl methyl sites for hydroxylation is 1. The van der Waals surface area contributed by atoms with Gasteiger partial charge in [-0.3, -0.25) is 4.99 Å². The Labute approximate surface area is 124 Å². The molecule has 21 heavy (non-hydrogen) atoms. The van der Waals surface area contributed by atoms with Crippen LogP contribution in [0, 0.1) is 6.92 Å². The Bertz CT molecular complexity index is 615. The molecule has 4 nitrogen and oxygen atoms in total. The second-order valence-electron chi connectivity index (χ2n) is 4.53. The number of aliphatic imine (C=N–C) groups is 1. The molecule has 0 spiro atoms. The van der Waals surface area contributed by atoms with E-state index >= 15 is 0 Å². The van der Waals surface area contributed by atoms with E-state index in [0.29, 0.717) is 5.75 Å². The van der Waals surface area contributed by atoms with Gasteiger partial charge in [0.15, 0.2) is 6.61 Å². The van der Waals surface area contributed by atoms with Crippen molar-refractivity contribution in [3.8, 4) is 5.75 Å². The zero-order chi connectivity index (χ0) is 15.1. The standard InChI is InChI=1S/C17H17NO3/c1-13-3-7-15(8-4-13)18-11-14-5-9-16(10-6-14)21-12-17(19)20-2/h3-11H,12H2,1-2H3. The highest BCUT2D eigenvalue weighted by molar-refractivity contribution is 5.82. The molecule has 0 unspecified atom stereocenters. The third kappa shape index (κ3) is 4.76. The van der Waals surface area contributed by atoms with Crippen LogP contribution in [-0.4, -0.2) is 25.9 Å². The quantitative estimate of drug-likeness (QED) is 0.625. The van der Waals surface area contributed by atoms with Crippen LogP contribution in [0.4, 0.5) is 5.69 Å². The number of esters is 1. The maximum atomic E-state index is 11.0. The third-order valence-corrected chi connectivity index (χ3v) is 2.86. The Morgan fingerprint density at radius 2 is 1.76 bits per heavy atom. The van der Waals surface area contributed by atoms with Crippen LogP contribution in [-0.2, 0) is 9.53 Å². The van der Waals surface area contributed by atoms with Gasteiger partial charge in [-0.2, -0.15) is 0 Å². The highest BCUT2D eigenvalue weighted by atomic mass is 16.6. The Hall–Kier alpha value is -2.62. The van der Waals surface area contributed by atoms with Crippen LogP contribution in [0.1, 0.15) is 11.1 Å². The average molecular weight is 283 g/mol. The summed E-state index contributed by atoms with van der Waals surface area (Å²) in [6.45, 7) is 1.95. The molecule has 0 fully saturated rings. The van der Waals surface area contributed by atoms with Crippen LogP contribution >= 0.6 is 0 Å². The molecule has 0 aliphatic carbocycles. The largest absolute Gasteiger partial charge is 0.482 e. The normalized spacial score (nSPS) is 10.6. The molecule has 0 N–H and O–H groups in total. The second-order valence-corrected chi connectivity index (χ2v) is 4.53. The van der Waals surface area contributed by atoms with Gasteiger partial charge in [0.25, 0.3) is 0 Å². The molecule has 0 aliphatic rings. The Balaban J connectivity index is 1.95. The highest BCUT2D eigenvalue weighted by Crippen LogP contribution is 2.14. The molecular formula is C17H17NO3. The van der Waals surface area contributed by atoms with Crippen molar-refractivity contribution >= 4 is 17.9 Å².